The first-order chi connectivity index (χ1) is 14.9. The van der Waals surface area contributed by atoms with Gasteiger partial charge in [0.1, 0.15) is 11.2 Å². The molecule has 0 fully saturated rings. The zero-order valence-electron chi connectivity index (χ0n) is 18.1. The van der Waals surface area contributed by atoms with Crippen LogP contribution in [0.4, 0.5) is 11.4 Å². The normalized spacial score (nSPS) is 11.5. The summed E-state index contributed by atoms with van der Waals surface area (Å²) in [4.78, 5) is 12.9. The molecule has 0 unspecified atom stereocenters. The minimum Gasteiger partial charge on any atom is -0.464 e. The smallest absolute Gasteiger partial charge is 0.340 e. The molecule has 4 rings (SSSR count). The average Bonchev–Trinajstić information content (AvgIpc) is 3.20. The fourth-order valence-corrected chi connectivity index (χ4v) is 3.49. The Morgan fingerprint density at radius 2 is 1.68 bits per heavy atom. The SMILES string of the molecule is CC(C)(C)OC(=O)c1ccc(CCc2ccccc2)cc1Nc1ccc2occc2c1. The van der Waals surface area contributed by atoms with Crippen LogP contribution < -0.4 is 5.32 Å². The van der Waals surface area contributed by atoms with E-state index in [0.717, 1.165) is 40.7 Å². The van der Waals surface area contributed by atoms with Crippen molar-refractivity contribution in [3.63, 3.8) is 0 Å². The molecule has 0 atom stereocenters. The zero-order chi connectivity index (χ0) is 21.8. The van der Waals surface area contributed by atoms with Crippen molar-refractivity contribution in [2.75, 3.05) is 5.32 Å². The molecular weight excluding hydrogens is 386 g/mol. The van der Waals surface area contributed by atoms with Gasteiger partial charge in [-0.25, -0.2) is 4.79 Å². The summed E-state index contributed by atoms with van der Waals surface area (Å²) in [7, 11) is 0. The molecule has 1 aromatic heterocycles. The number of esters is 1. The van der Waals surface area contributed by atoms with Crippen LogP contribution >= 0.6 is 0 Å². The second kappa shape index (κ2) is 8.68. The molecule has 0 radical (unpaired) electrons. The number of carbonyl (C=O) groups excluding carboxylic acids is 1. The van der Waals surface area contributed by atoms with Gasteiger partial charge in [-0.2, -0.15) is 0 Å². The highest BCUT2D eigenvalue weighted by molar-refractivity contribution is 5.97. The van der Waals surface area contributed by atoms with E-state index >= 15 is 0 Å². The van der Waals surface area contributed by atoms with Crippen molar-refractivity contribution in [3.05, 3.63) is 95.7 Å². The Hall–Kier alpha value is -3.53. The third kappa shape index (κ3) is 5.34. The predicted octanol–water partition coefficient (Wildman–Crippen LogP) is 6.92. The molecule has 0 bridgehead atoms. The van der Waals surface area contributed by atoms with Crippen LogP contribution in [0.15, 0.2) is 83.5 Å². The Labute approximate surface area is 182 Å². The van der Waals surface area contributed by atoms with Crippen molar-refractivity contribution >= 4 is 28.3 Å². The number of rotatable bonds is 6. The predicted molar refractivity (Wildman–Crippen MR) is 125 cm³/mol. The van der Waals surface area contributed by atoms with Crippen LogP contribution in [0.25, 0.3) is 11.0 Å². The van der Waals surface area contributed by atoms with Crippen LogP contribution in [0.2, 0.25) is 0 Å². The number of anilines is 2. The van der Waals surface area contributed by atoms with Crippen molar-refractivity contribution in [2.24, 2.45) is 0 Å². The van der Waals surface area contributed by atoms with Crippen molar-refractivity contribution in [1.82, 2.24) is 0 Å². The summed E-state index contributed by atoms with van der Waals surface area (Å²) in [5.41, 5.74) is 4.86. The molecule has 0 amide bonds. The van der Waals surface area contributed by atoms with Crippen LogP contribution in [0.3, 0.4) is 0 Å². The molecule has 31 heavy (non-hydrogen) atoms. The van der Waals surface area contributed by atoms with Crippen molar-refractivity contribution in [2.45, 2.75) is 39.2 Å². The van der Waals surface area contributed by atoms with Gasteiger partial charge in [0.05, 0.1) is 17.5 Å². The van der Waals surface area contributed by atoms with E-state index in [1.54, 1.807) is 6.26 Å². The first-order valence-electron chi connectivity index (χ1n) is 10.5. The molecule has 4 nitrogen and oxygen atoms in total. The number of benzene rings is 3. The second-order valence-electron chi connectivity index (χ2n) is 8.67. The highest BCUT2D eigenvalue weighted by atomic mass is 16.6. The molecule has 1 N–H and O–H groups in total. The number of furan rings is 1. The number of carbonyl (C=O) groups is 1. The molecule has 0 aliphatic heterocycles. The van der Waals surface area contributed by atoms with E-state index in [9.17, 15) is 4.79 Å². The van der Waals surface area contributed by atoms with Crippen LogP contribution in [0.5, 0.6) is 0 Å². The molecule has 0 aliphatic rings. The van der Waals surface area contributed by atoms with Gasteiger partial charge < -0.3 is 14.5 Å². The van der Waals surface area contributed by atoms with E-state index in [0.29, 0.717) is 5.56 Å². The van der Waals surface area contributed by atoms with E-state index in [1.165, 1.54) is 5.56 Å². The van der Waals surface area contributed by atoms with E-state index in [-0.39, 0.29) is 5.97 Å². The quantitative estimate of drug-likeness (QED) is 0.349. The van der Waals surface area contributed by atoms with Gasteiger partial charge in [-0.05, 0) is 81.1 Å². The lowest BCUT2D eigenvalue weighted by Gasteiger charge is -2.21. The maximum Gasteiger partial charge on any atom is 0.340 e. The summed E-state index contributed by atoms with van der Waals surface area (Å²) < 4.78 is 11.1. The number of fused-ring (bicyclic) bond motifs is 1. The molecule has 3 aromatic carbocycles. The first-order valence-corrected chi connectivity index (χ1v) is 10.5. The molecular formula is C27H27NO3. The van der Waals surface area contributed by atoms with Crippen molar-refractivity contribution < 1.29 is 13.9 Å². The molecule has 4 heteroatoms. The Kier molecular flexibility index (Phi) is 5.81. The Balaban J connectivity index is 1.62. The highest BCUT2D eigenvalue weighted by Crippen LogP contribution is 2.28. The third-order valence-corrected chi connectivity index (χ3v) is 4.98. The van der Waals surface area contributed by atoms with E-state index < -0.39 is 5.60 Å². The molecule has 0 saturated heterocycles. The van der Waals surface area contributed by atoms with Gasteiger partial charge in [0.2, 0.25) is 0 Å². The molecule has 0 saturated carbocycles. The number of hydrogen-bond donors (Lipinski definition) is 1. The fourth-order valence-electron chi connectivity index (χ4n) is 3.49. The van der Waals surface area contributed by atoms with Gasteiger partial charge in [0.25, 0.3) is 0 Å². The lowest BCUT2D eigenvalue weighted by Crippen LogP contribution is -2.24. The van der Waals surface area contributed by atoms with Gasteiger partial charge in [0.15, 0.2) is 0 Å². The number of hydrogen-bond acceptors (Lipinski definition) is 4. The Bertz CT molecular complexity index is 1190. The Morgan fingerprint density at radius 1 is 0.903 bits per heavy atom. The van der Waals surface area contributed by atoms with Gasteiger partial charge in [-0.1, -0.05) is 36.4 Å². The maximum atomic E-state index is 12.9. The standard InChI is InChI=1S/C27H27NO3/c1-27(2,3)31-26(29)23-13-11-20(10-9-19-7-5-4-6-8-19)17-24(23)28-22-12-14-25-21(18-22)15-16-30-25/h4-8,11-18,28H,9-10H2,1-3H3. The monoisotopic (exact) mass is 413 g/mol. The lowest BCUT2D eigenvalue weighted by molar-refractivity contribution is 0.00707. The van der Waals surface area contributed by atoms with Crippen LogP contribution in [-0.4, -0.2) is 11.6 Å². The molecule has 4 aromatic rings. The minimum atomic E-state index is -0.559. The summed E-state index contributed by atoms with van der Waals surface area (Å²) in [5, 5.41) is 4.42. The first kappa shape index (κ1) is 20.7. The van der Waals surface area contributed by atoms with Crippen molar-refractivity contribution in [3.8, 4) is 0 Å². The van der Waals surface area contributed by atoms with Crippen LogP contribution in [0.1, 0.15) is 42.3 Å². The third-order valence-electron chi connectivity index (χ3n) is 4.98. The molecule has 0 aliphatic carbocycles. The van der Waals surface area contributed by atoms with Gasteiger partial charge in [0, 0.05) is 11.1 Å². The van der Waals surface area contributed by atoms with Gasteiger partial charge in [-0.3, -0.25) is 0 Å². The van der Waals surface area contributed by atoms with Gasteiger partial charge >= 0.3 is 5.97 Å². The zero-order valence-corrected chi connectivity index (χ0v) is 18.1. The van der Waals surface area contributed by atoms with Crippen LogP contribution in [-0.2, 0) is 17.6 Å². The molecule has 158 valence electrons. The van der Waals surface area contributed by atoms with E-state index in [1.807, 2.05) is 69.3 Å². The summed E-state index contributed by atoms with van der Waals surface area (Å²) in [6.07, 6.45) is 3.49. The van der Waals surface area contributed by atoms with Gasteiger partial charge in [-0.15, -0.1) is 0 Å². The highest BCUT2D eigenvalue weighted by Gasteiger charge is 2.21. The topological polar surface area (TPSA) is 51.5 Å². The van der Waals surface area contributed by atoms with Crippen LogP contribution in [0, 0.1) is 0 Å². The number of ether oxygens (including phenoxy) is 1. The average molecular weight is 414 g/mol. The number of aryl methyl sites for hydroxylation is 2. The number of nitrogens with one attached hydrogen (secondary N) is 1. The Morgan fingerprint density at radius 3 is 2.45 bits per heavy atom. The largest absolute Gasteiger partial charge is 0.464 e. The summed E-state index contributed by atoms with van der Waals surface area (Å²) in [5.74, 6) is -0.339. The minimum absolute atomic E-state index is 0.339. The summed E-state index contributed by atoms with van der Waals surface area (Å²) >= 11 is 0. The summed E-state index contributed by atoms with van der Waals surface area (Å²) in [6.45, 7) is 5.62. The second-order valence-corrected chi connectivity index (χ2v) is 8.67. The van der Waals surface area contributed by atoms with E-state index in [2.05, 4.69) is 29.6 Å². The molecule has 0 spiro atoms. The van der Waals surface area contributed by atoms with Crippen molar-refractivity contribution in [1.29, 1.82) is 0 Å². The lowest BCUT2D eigenvalue weighted by atomic mass is 10.0. The molecule has 1 heterocycles. The fraction of sp³-hybridized carbons (Fsp3) is 0.222. The maximum absolute atomic E-state index is 12.9. The van der Waals surface area contributed by atoms with E-state index in [4.69, 9.17) is 9.15 Å². The summed E-state index contributed by atoms with van der Waals surface area (Å²) in [6, 6.07) is 24.1.